The van der Waals surface area contributed by atoms with Gasteiger partial charge in [-0.15, -0.1) is 0 Å². The Balaban J connectivity index is 2.37. The van der Waals surface area contributed by atoms with Gasteiger partial charge in [-0.05, 0) is 43.6 Å². The minimum atomic E-state index is 0.250. The number of benzene rings is 1. The molecule has 0 amide bonds. The first-order valence-electron chi connectivity index (χ1n) is 5.63. The normalized spacial score (nSPS) is 12.7. The number of aliphatic hydroxyl groups is 1. The van der Waals surface area contributed by atoms with E-state index in [1.165, 1.54) is 0 Å². The largest absolute Gasteiger partial charge is 0.396 e. The lowest BCUT2D eigenvalue weighted by atomic mass is 10.1. The number of hydrogen-bond donors (Lipinski definition) is 1. The minimum Gasteiger partial charge on any atom is -0.396 e. The van der Waals surface area contributed by atoms with Crippen LogP contribution in [0.1, 0.15) is 18.4 Å². The average Bonchev–Trinajstić information content (AvgIpc) is 2.31. The molecule has 1 rings (SSSR count). The summed E-state index contributed by atoms with van der Waals surface area (Å²) in [4.78, 5) is 0. The molecule has 1 atom stereocenters. The van der Waals surface area contributed by atoms with Crippen molar-refractivity contribution in [3.05, 3.63) is 40.7 Å². The van der Waals surface area contributed by atoms with Crippen LogP contribution in [0.5, 0.6) is 0 Å². The fourth-order valence-electron chi connectivity index (χ4n) is 1.46. The van der Waals surface area contributed by atoms with Crippen molar-refractivity contribution in [2.45, 2.75) is 24.5 Å². The van der Waals surface area contributed by atoms with Gasteiger partial charge < -0.3 is 5.11 Å². The third-order valence-electron chi connectivity index (χ3n) is 2.42. The van der Waals surface area contributed by atoms with Crippen molar-refractivity contribution in [2.75, 3.05) is 12.4 Å². The van der Waals surface area contributed by atoms with E-state index < -0.39 is 0 Å². The highest BCUT2D eigenvalue weighted by atomic mass is 35.5. The highest BCUT2D eigenvalue weighted by molar-refractivity contribution is 7.99. The molecular weight excluding hydrogens is 275 g/mol. The Morgan fingerprint density at radius 1 is 1.35 bits per heavy atom. The molecular formula is C13H17Cl2OS. The number of aryl methyl sites for hydroxylation is 1. The van der Waals surface area contributed by atoms with E-state index in [9.17, 15) is 0 Å². The summed E-state index contributed by atoms with van der Waals surface area (Å²) in [6.45, 7) is 4.33. The summed E-state index contributed by atoms with van der Waals surface area (Å²) in [5.41, 5.74) is 1.08. The van der Waals surface area contributed by atoms with Crippen LogP contribution in [0.3, 0.4) is 0 Å². The van der Waals surface area contributed by atoms with Gasteiger partial charge in [0, 0.05) is 11.9 Å². The second-order valence-corrected chi connectivity index (χ2v) is 6.01. The third-order valence-corrected chi connectivity index (χ3v) is 4.51. The molecule has 17 heavy (non-hydrogen) atoms. The van der Waals surface area contributed by atoms with Crippen LogP contribution in [0.2, 0.25) is 10.0 Å². The maximum atomic E-state index is 8.69. The van der Waals surface area contributed by atoms with Crippen LogP contribution >= 0.6 is 35.0 Å². The summed E-state index contributed by atoms with van der Waals surface area (Å²) < 4.78 is 0. The number of hydrogen-bond acceptors (Lipinski definition) is 2. The van der Waals surface area contributed by atoms with Gasteiger partial charge in [-0.2, -0.15) is 11.8 Å². The molecule has 1 aromatic carbocycles. The van der Waals surface area contributed by atoms with Gasteiger partial charge in [0.2, 0.25) is 0 Å². The van der Waals surface area contributed by atoms with Crippen LogP contribution in [0.25, 0.3) is 0 Å². The highest BCUT2D eigenvalue weighted by Gasteiger charge is 2.07. The summed E-state index contributed by atoms with van der Waals surface area (Å²) in [6, 6.07) is 5.71. The molecule has 1 nitrogen and oxygen atoms in total. The Morgan fingerprint density at radius 2 is 2.12 bits per heavy atom. The Morgan fingerprint density at radius 3 is 2.82 bits per heavy atom. The summed E-state index contributed by atoms with van der Waals surface area (Å²) in [7, 11) is 0. The molecule has 1 unspecified atom stereocenters. The number of halogens is 2. The van der Waals surface area contributed by atoms with E-state index >= 15 is 0 Å². The van der Waals surface area contributed by atoms with Gasteiger partial charge in [-0.3, -0.25) is 0 Å². The van der Waals surface area contributed by atoms with E-state index in [1.807, 2.05) is 12.1 Å². The van der Waals surface area contributed by atoms with E-state index in [0.717, 1.165) is 30.6 Å². The van der Waals surface area contributed by atoms with E-state index in [-0.39, 0.29) is 6.61 Å². The van der Waals surface area contributed by atoms with Crippen molar-refractivity contribution >= 4 is 35.0 Å². The molecule has 0 aliphatic carbocycles. The van der Waals surface area contributed by atoms with Crippen LogP contribution in [-0.4, -0.2) is 22.7 Å². The molecule has 0 saturated carbocycles. The first-order chi connectivity index (χ1) is 8.15. The molecule has 1 aromatic rings. The topological polar surface area (TPSA) is 20.2 Å². The molecule has 0 bridgehead atoms. The summed E-state index contributed by atoms with van der Waals surface area (Å²) in [5, 5.41) is 10.3. The number of rotatable bonds is 7. The monoisotopic (exact) mass is 291 g/mol. The van der Waals surface area contributed by atoms with Gasteiger partial charge in [0.25, 0.3) is 0 Å². The molecule has 1 radical (unpaired) electrons. The van der Waals surface area contributed by atoms with Gasteiger partial charge in [0.05, 0.1) is 10.0 Å². The average molecular weight is 292 g/mol. The summed E-state index contributed by atoms with van der Waals surface area (Å²) in [6.07, 6.45) is 2.68. The van der Waals surface area contributed by atoms with Gasteiger partial charge >= 0.3 is 0 Å². The van der Waals surface area contributed by atoms with Gasteiger partial charge in [0.15, 0.2) is 0 Å². The molecule has 0 aliphatic rings. The molecule has 0 aliphatic heterocycles. The van der Waals surface area contributed by atoms with Crippen molar-refractivity contribution in [3.63, 3.8) is 0 Å². The zero-order valence-corrected chi connectivity index (χ0v) is 12.0. The summed E-state index contributed by atoms with van der Waals surface area (Å²) >= 11 is 13.8. The number of aliphatic hydroxyl groups excluding tert-OH is 1. The van der Waals surface area contributed by atoms with Crippen molar-refractivity contribution in [1.82, 2.24) is 0 Å². The zero-order chi connectivity index (χ0) is 12.7. The first-order valence-corrected chi connectivity index (χ1v) is 7.44. The van der Waals surface area contributed by atoms with E-state index in [1.54, 1.807) is 17.8 Å². The Kier molecular flexibility index (Phi) is 7.36. The van der Waals surface area contributed by atoms with Crippen molar-refractivity contribution in [2.24, 2.45) is 0 Å². The molecule has 0 fully saturated rings. The quantitative estimate of drug-likeness (QED) is 0.758. The summed E-state index contributed by atoms with van der Waals surface area (Å²) in [5.74, 6) is 0.952. The highest BCUT2D eigenvalue weighted by Crippen LogP contribution is 2.27. The molecule has 0 heterocycles. The van der Waals surface area contributed by atoms with E-state index in [4.69, 9.17) is 28.3 Å². The molecule has 95 valence electrons. The van der Waals surface area contributed by atoms with E-state index in [2.05, 4.69) is 6.92 Å². The predicted octanol–water partition coefficient (Wildman–Crippen LogP) is 4.24. The maximum Gasteiger partial charge on any atom is 0.0624 e. The second-order valence-electron chi connectivity index (χ2n) is 3.82. The van der Waals surface area contributed by atoms with Crippen LogP contribution in [0.4, 0.5) is 0 Å². The molecule has 0 aromatic heterocycles. The SMILES string of the molecule is [CH2]C(CCc1cccc(Cl)c1Cl)SCCCO. The molecule has 0 saturated heterocycles. The van der Waals surface area contributed by atoms with Crippen molar-refractivity contribution in [3.8, 4) is 0 Å². The van der Waals surface area contributed by atoms with Gasteiger partial charge in [-0.25, -0.2) is 0 Å². The van der Waals surface area contributed by atoms with Crippen molar-refractivity contribution in [1.29, 1.82) is 0 Å². The lowest BCUT2D eigenvalue weighted by molar-refractivity contribution is 0.296. The van der Waals surface area contributed by atoms with Gasteiger partial charge in [-0.1, -0.05) is 35.3 Å². The lowest BCUT2D eigenvalue weighted by Gasteiger charge is -2.11. The van der Waals surface area contributed by atoms with Crippen LogP contribution in [0.15, 0.2) is 18.2 Å². The zero-order valence-electron chi connectivity index (χ0n) is 9.66. The smallest absolute Gasteiger partial charge is 0.0624 e. The predicted molar refractivity (Wildman–Crippen MR) is 78.1 cm³/mol. The standard InChI is InChI=1S/C13H17Cl2OS/c1-10(17-9-3-8-16)6-7-11-4-2-5-12(14)13(11)15/h2,4-5,10,16H,1,3,6-9H2. The van der Waals surface area contributed by atoms with Crippen molar-refractivity contribution < 1.29 is 5.11 Å². The first kappa shape index (κ1) is 15.2. The molecule has 4 heteroatoms. The Hall–Kier alpha value is 0.110. The van der Waals surface area contributed by atoms with Crippen LogP contribution in [-0.2, 0) is 6.42 Å². The second kappa shape index (κ2) is 8.25. The molecule has 1 N–H and O–H groups in total. The fourth-order valence-corrected chi connectivity index (χ4v) is 2.78. The third kappa shape index (κ3) is 5.52. The fraction of sp³-hybridized carbons (Fsp3) is 0.462. The minimum absolute atomic E-state index is 0.250. The van der Waals surface area contributed by atoms with E-state index in [0.29, 0.717) is 15.3 Å². The number of thioether (sulfide) groups is 1. The Bertz CT molecular complexity index is 344. The van der Waals surface area contributed by atoms with Crippen LogP contribution < -0.4 is 0 Å². The molecule has 0 spiro atoms. The maximum absolute atomic E-state index is 8.69. The van der Waals surface area contributed by atoms with Gasteiger partial charge in [0.1, 0.15) is 0 Å². The van der Waals surface area contributed by atoms with Crippen LogP contribution in [0, 0.1) is 6.92 Å². The Labute approximate surface area is 118 Å². The lowest BCUT2D eigenvalue weighted by Crippen LogP contribution is -2.02.